The summed E-state index contributed by atoms with van der Waals surface area (Å²) in [5, 5.41) is 12.8. The first-order valence-electron chi connectivity index (χ1n) is 6.86. The Balaban J connectivity index is 2.30. The van der Waals surface area contributed by atoms with Crippen LogP contribution in [0.5, 0.6) is 0 Å². The smallest absolute Gasteiger partial charge is 0.0602 e. The lowest BCUT2D eigenvalue weighted by Crippen LogP contribution is -2.57. The van der Waals surface area contributed by atoms with Crippen molar-refractivity contribution in [3.8, 4) is 0 Å². The second-order valence-corrected chi connectivity index (χ2v) is 5.29. The number of rotatable bonds is 3. The number of hydrogen-bond acceptors (Lipinski definition) is 3. The summed E-state index contributed by atoms with van der Waals surface area (Å²) in [5.74, 6) is 0. The van der Waals surface area contributed by atoms with Crippen LogP contribution in [0, 0.1) is 6.92 Å². The summed E-state index contributed by atoms with van der Waals surface area (Å²) in [6.07, 6.45) is 1.05. The summed E-state index contributed by atoms with van der Waals surface area (Å²) < 4.78 is 0. The largest absolute Gasteiger partial charge is 0.395 e. The van der Waals surface area contributed by atoms with Crippen molar-refractivity contribution in [2.24, 2.45) is 0 Å². The number of para-hydroxylation sites is 1. The summed E-state index contributed by atoms with van der Waals surface area (Å²) in [5.41, 5.74) is 4.10. The molecule has 3 heteroatoms. The molecule has 2 unspecified atom stereocenters. The molecule has 100 valence electrons. The fourth-order valence-electron chi connectivity index (χ4n) is 2.93. The van der Waals surface area contributed by atoms with Gasteiger partial charge in [0, 0.05) is 30.9 Å². The van der Waals surface area contributed by atoms with Crippen LogP contribution in [-0.4, -0.2) is 36.9 Å². The highest BCUT2D eigenvalue weighted by molar-refractivity contribution is 5.60. The Morgan fingerprint density at radius 3 is 2.83 bits per heavy atom. The Morgan fingerprint density at radius 1 is 1.39 bits per heavy atom. The third kappa shape index (κ3) is 2.68. The predicted molar refractivity (Wildman–Crippen MR) is 76.2 cm³/mol. The van der Waals surface area contributed by atoms with E-state index in [2.05, 4.69) is 49.2 Å². The lowest BCUT2D eigenvalue weighted by Gasteiger charge is -2.40. The van der Waals surface area contributed by atoms with E-state index in [1.54, 1.807) is 0 Å². The van der Waals surface area contributed by atoms with Gasteiger partial charge in [0.15, 0.2) is 0 Å². The molecule has 0 aliphatic carbocycles. The summed E-state index contributed by atoms with van der Waals surface area (Å²) in [6.45, 7) is 8.66. The lowest BCUT2D eigenvalue weighted by molar-refractivity contribution is 0.221. The van der Waals surface area contributed by atoms with Crippen molar-refractivity contribution < 1.29 is 5.11 Å². The maximum absolute atomic E-state index is 9.38. The van der Waals surface area contributed by atoms with Crippen LogP contribution in [0.1, 0.15) is 25.0 Å². The average molecular weight is 248 g/mol. The van der Waals surface area contributed by atoms with E-state index in [1.807, 2.05) is 0 Å². The maximum Gasteiger partial charge on any atom is 0.0602 e. The molecule has 2 atom stereocenters. The standard InChI is InChI=1S/C15H24N2O/c1-4-13-7-5-6-11(2)15(13)17-8-12(3)16-14(9-17)10-18/h5-7,12,14,16,18H,4,8-10H2,1-3H3. The van der Waals surface area contributed by atoms with E-state index in [0.29, 0.717) is 6.04 Å². The van der Waals surface area contributed by atoms with Crippen molar-refractivity contribution in [2.45, 2.75) is 39.3 Å². The summed E-state index contributed by atoms with van der Waals surface area (Å²) in [4.78, 5) is 2.43. The van der Waals surface area contributed by atoms with Crippen LogP contribution < -0.4 is 10.2 Å². The molecule has 18 heavy (non-hydrogen) atoms. The first kappa shape index (κ1) is 13.4. The molecule has 1 heterocycles. The monoisotopic (exact) mass is 248 g/mol. The molecular weight excluding hydrogens is 224 g/mol. The molecule has 3 nitrogen and oxygen atoms in total. The van der Waals surface area contributed by atoms with E-state index < -0.39 is 0 Å². The maximum atomic E-state index is 9.38. The van der Waals surface area contributed by atoms with Crippen molar-refractivity contribution in [3.63, 3.8) is 0 Å². The van der Waals surface area contributed by atoms with Gasteiger partial charge in [0.05, 0.1) is 6.61 Å². The Labute approximate surface area is 110 Å². The molecule has 1 saturated heterocycles. The molecule has 0 aromatic heterocycles. The lowest BCUT2D eigenvalue weighted by atomic mass is 10.0. The van der Waals surface area contributed by atoms with E-state index in [4.69, 9.17) is 0 Å². The minimum absolute atomic E-state index is 0.179. The van der Waals surface area contributed by atoms with Gasteiger partial charge < -0.3 is 15.3 Å². The fraction of sp³-hybridized carbons (Fsp3) is 0.600. The molecule has 2 N–H and O–H groups in total. The molecule has 1 aliphatic rings. The fourth-order valence-corrected chi connectivity index (χ4v) is 2.93. The van der Waals surface area contributed by atoms with Crippen LogP contribution in [0.4, 0.5) is 5.69 Å². The van der Waals surface area contributed by atoms with E-state index in [-0.39, 0.29) is 12.6 Å². The SMILES string of the molecule is CCc1cccc(C)c1N1CC(C)NC(CO)C1. The van der Waals surface area contributed by atoms with Crippen molar-refractivity contribution in [2.75, 3.05) is 24.6 Å². The zero-order chi connectivity index (χ0) is 13.1. The number of benzene rings is 1. The van der Waals surface area contributed by atoms with E-state index in [0.717, 1.165) is 19.5 Å². The molecule has 1 fully saturated rings. The van der Waals surface area contributed by atoms with Crippen molar-refractivity contribution >= 4 is 5.69 Å². The van der Waals surface area contributed by atoms with Gasteiger partial charge in [-0.15, -0.1) is 0 Å². The topological polar surface area (TPSA) is 35.5 Å². The second-order valence-electron chi connectivity index (χ2n) is 5.29. The van der Waals surface area contributed by atoms with Gasteiger partial charge in [-0.3, -0.25) is 0 Å². The molecule has 1 aromatic carbocycles. The van der Waals surface area contributed by atoms with Gasteiger partial charge in [0.1, 0.15) is 0 Å². The Bertz CT molecular complexity index is 405. The first-order chi connectivity index (χ1) is 8.65. The van der Waals surface area contributed by atoms with Gasteiger partial charge >= 0.3 is 0 Å². The number of nitrogens with zero attached hydrogens (tertiary/aromatic N) is 1. The number of aliphatic hydroxyl groups excluding tert-OH is 1. The summed E-state index contributed by atoms with van der Waals surface area (Å²) in [7, 11) is 0. The highest BCUT2D eigenvalue weighted by Crippen LogP contribution is 2.27. The Morgan fingerprint density at radius 2 is 2.17 bits per heavy atom. The summed E-state index contributed by atoms with van der Waals surface area (Å²) in [6, 6.07) is 7.11. The highest BCUT2D eigenvalue weighted by Gasteiger charge is 2.25. The van der Waals surface area contributed by atoms with Gasteiger partial charge in [0.2, 0.25) is 0 Å². The Hall–Kier alpha value is -1.06. The van der Waals surface area contributed by atoms with E-state index in [9.17, 15) is 5.11 Å². The van der Waals surface area contributed by atoms with Crippen molar-refractivity contribution in [1.82, 2.24) is 5.32 Å². The van der Waals surface area contributed by atoms with Gasteiger partial charge in [-0.25, -0.2) is 0 Å². The Kier molecular flexibility index (Phi) is 4.25. The van der Waals surface area contributed by atoms with Crippen molar-refractivity contribution in [3.05, 3.63) is 29.3 Å². The quantitative estimate of drug-likeness (QED) is 0.855. The number of anilines is 1. The van der Waals surface area contributed by atoms with Gasteiger partial charge in [-0.2, -0.15) is 0 Å². The molecule has 0 radical (unpaired) electrons. The number of nitrogens with one attached hydrogen (secondary N) is 1. The molecule has 0 bridgehead atoms. The molecule has 0 amide bonds. The summed E-state index contributed by atoms with van der Waals surface area (Å²) >= 11 is 0. The van der Waals surface area contributed by atoms with Crippen LogP contribution in [0.15, 0.2) is 18.2 Å². The second kappa shape index (κ2) is 5.72. The number of aliphatic hydroxyl groups is 1. The molecular formula is C15H24N2O. The highest BCUT2D eigenvalue weighted by atomic mass is 16.3. The predicted octanol–water partition coefficient (Wildman–Crippen LogP) is 1.72. The molecule has 1 aliphatic heterocycles. The van der Waals surface area contributed by atoms with Crippen LogP contribution in [-0.2, 0) is 6.42 Å². The van der Waals surface area contributed by atoms with Crippen LogP contribution in [0.3, 0.4) is 0 Å². The minimum atomic E-state index is 0.179. The third-order valence-electron chi connectivity index (χ3n) is 3.69. The molecule has 0 spiro atoms. The van der Waals surface area contributed by atoms with Gasteiger partial charge in [-0.05, 0) is 31.4 Å². The third-order valence-corrected chi connectivity index (χ3v) is 3.69. The number of aryl methyl sites for hydroxylation is 2. The normalized spacial score (nSPS) is 24.3. The van der Waals surface area contributed by atoms with E-state index >= 15 is 0 Å². The zero-order valence-corrected chi connectivity index (χ0v) is 11.6. The van der Waals surface area contributed by atoms with Crippen LogP contribution in [0.25, 0.3) is 0 Å². The minimum Gasteiger partial charge on any atom is -0.395 e. The van der Waals surface area contributed by atoms with Crippen LogP contribution in [0.2, 0.25) is 0 Å². The van der Waals surface area contributed by atoms with Crippen LogP contribution >= 0.6 is 0 Å². The average Bonchev–Trinajstić information content (AvgIpc) is 2.37. The molecule has 1 aromatic rings. The first-order valence-corrected chi connectivity index (χ1v) is 6.86. The number of hydrogen-bond donors (Lipinski definition) is 2. The number of piperazine rings is 1. The molecule has 2 rings (SSSR count). The van der Waals surface area contributed by atoms with E-state index in [1.165, 1.54) is 16.8 Å². The zero-order valence-electron chi connectivity index (χ0n) is 11.6. The molecule has 0 saturated carbocycles. The van der Waals surface area contributed by atoms with Crippen molar-refractivity contribution in [1.29, 1.82) is 0 Å². The van der Waals surface area contributed by atoms with Gasteiger partial charge in [0.25, 0.3) is 0 Å². The van der Waals surface area contributed by atoms with Gasteiger partial charge in [-0.1, -0.05) is 25.1 Å².